The summed E-state index contributed by atoms with van der Waals surface area (Å²) < 4.78 is 13.2. The average Bonchev–Trinajstić information content (AvgIpc) is 2.48. The molecule has 1 nitrogen and oxygen atoms in total. The topological polar surface area (TPSA) is 12.0 Å². The molecule has 3 heteroatoms. The molecule has 20 heavy (non-hydrogen) atoms. The predicted molar refractivity (Wildman–Crippen MR) is 84.6 cm³/mol. The van der Waals surface area contributed by atoms with Crippen molar-refractivity contribution >= 4 is 11.8 Å². The van der Waals surface area contributed by atoms with E-state index in [9.17, 15) is 4.39 Å². The lowest BCUT2D eigenvalue weighted by Crippen LogP contribution is -2.18. The normalized spacial score (nSPS) is 12.4. The predicted octanol–water partition coefficient (Wildman–Crippen LogP) is 4.71. The van der Waals surface area contributed by atoms with Crippen LogP contribution >= 0.6 is 11.8 Å². The molecule has 0 bridgehead atoms. The lowest BCUT2D eigenvalue weighted by molar-refractivity contribution is 0.567. The number of nitrogens with one attached hydrogen (secondary N) is 1. The molecule has 1 unspecified atom stereocenters. The SMILES string of the molecule is CSc1ccc(C(C)NCc2cc(F)ccc2C)cc1. The number of hydrogen-bond donors (Lipinski definition) is 1. The highest BCUT2D eigenvalue weighted by Gasteiger charge is 2.06. The molecule has 0 saturated heterocycles. The Morgan fingerprint density at radius 2 is 1.85 bits per heavy atom. The van der Waals surface area contributed by atoms with Crippen molar-refractivity contribution in [3.63, 3.8) is 0 Å². The van der Waals surface area contributed by atoms with Crippen LogP contribution in [-0.4, -0.2) is 6.26 Å². The minimum atomic E-state index is -0.177. The van der Waals surface area contributed by atoms with Crippen LogP contribution in [-0.2, 0) is 6.54 Å². The van der Waals surface area contributed by atoms with E-state index < -0.39 is 0 Å². The molecule has 0 aliphatic heterocycles. The Labute approximate surface area is 124 Å². The summed E-state index contributed by atoms with van der Waals surface area (Å²) in [7, 11) is 0. The van der Waals surface area contributed by atoms with Gasteiger partial charge < -0.3 is 5.32 Å². The van der Waals surface area contributed by atoms with E-state index in [1.807, 2.05) is 13.0 Å². The standard InChI is InChI=1S/C17H20FNS/c1-12-4-7-16(18)10-15(12)11-19-13(2)14-5-8-17(20-3)9-6-14/h4-10,13,19H,11H2,1-3H3. The fourth-order valence-corrected chi connectivity index (χ4v) is 2.51. The van der Waals surface area contributed by atoms with Crippen LogP contribution in [0.2, 0.25) is 0 Å². The van der Waals surface area contributed by atoms with Gasteiger partial charge >= 0.3 is 0 Å². The van der Waals surface area contributed by atoms with Crippen molar-refractivity contribution in [2.45, 2.75) is 31.3 Å². The monoisotopic (exact) mass is 289 g/mol. The molecule has 0 aliphatic rings. The largest absolute Gasteiger partial charge is 0.306 e. The van der Waals surface area contributed by atoms with Gasteiger partial charge in [0.25, 0.3) is 0 Å². The molecule has 0 spiro atoms. The molecule has 0 fully saturated rings. The van der Waals surface area contributed by atoms with Gasteiger partial charge in [-0.05, 0) is 61.1 Å². The van der Waals surface area contributed by atoms with E-state index in [2.05, 4.69) is 42.8 Å². The lowest BCUT2D eigenvalue weighted by atomic mass is 10.1. The zero-order valence-corrected chi connectivity index (χ0v) is 12.9. The highest BCUT2D eigenvalue weighted by molar-refractivity contribution is 7.98. The molecular weight excluding hydrogens is 269 g/mol. The van der Waals surface area contributed by atoms with Crippen molar-refractivity contribution in [2.75, 3.05) is 6.26 Å². The van der Waals surface area contributed by atoms with Gasteiger partial charge in [0.2, 0.25) is 0 Å². The van der Waals surface area contributed by atoms with Crippen LogP contribution in [0.15, 0.2) is 47.4 Å². The first-order chi connectivity index (χ1) is 9.60. The molecule has 0 aromatic heterocycles. The Morgan fingerprint density at radius 1 is 1.15 bits per heavy atom. The molecule has 106 valence electrons. The van der Waals surface area contributed by atoms with E-state index in [1.165, 1.54) is 16.5 Å². The van der Waals surface area contributed by atoms with E-state index in [1.54, 1.807) is 17.8 Å². The minimum Gasteiger partial charge on any atom is -0.306 e. The van der Waals surface area contributed by atoms with Crippen LogP contribution in [0.4, 0.5) is 4.39 Å². The Morgan fingerprint density at radius 3 is 2.50 bits per heavy atom. The summed E-state index contributed by atoms with van der Waals surface area (Å²) in [6.45, 7) is 4.81. The van der Waals surface area contributed by atoms with E-state index in [0.29, 0.717) is 6.54 Å². The van der Waals surface area contributed by atoms with Gasteiger partial charge in [0.1, 0.15) is 5.82 Å². The van der Waals surface area contributed by atoms with E-state index in [0.717, 1.165) is 11.1 Å². The summed E-state index contributed by atoms with van der Waals surface area (Å²) in [5, 5.41) is 3.45. The number of benzene rings is 2. The van der Waals surface area contributed by atoms with Gasteiger partial charge in [-0.2, -0.15) is 0 Å². The first-order valence-corrected chi connectivity index (χ1v) is 7.95. The maximum Gasteiger partial charge on any atom is 0.123 e. The van der Waals surface area contributed by atoms with Gasteiger partial charge in [0.05, 0.1) is 0 Å². The lowest BCUT2D eigenvalue weighted by Gasteiger charge is -2.16. The summed E-state index contributed by atoms with van der Waals surface area (Å²) in [5.74, 6) is -0.177. The van der Waals surface area contributed by atoms with Crippen LogP contribution in [0.3, 0.4) is 0 Å². The van der Waals surface area contributed by atoms with E-state index >= 15 is 0 Å². The molecule has 0 radical (unpaired) electrons. The van der Waals surface area contributed by atoms with Crippen molar-refractivity contribution < 1.29 is 4.39 Å². The third-order valence-corrected chi connectivity index (χ3v) is 4.27. The van der Waals surface area contributed by atoms with Crippen LogP contribution in [0.1, 0.15) is 29.7 Å². The molecule has 0 heterocycles. The fraction of sp³-hybridized carbons (Fsp3) is 0.294. The molecule has 0 aliphatic carbocycles. The van der Waals surface area contributed by atoms with E-state index in [-0.39, 0.29) is 11.9 Å². The maximum absolute atomic E-state index is 13.2. The van der Waals surface area contributed by atoms with Crippen molar-refractivity contribution in [1.82, 2.24) is 5.32 Å². The van der Waals surface area contributed by atoms with Crippen molar-refractivity contribution in [1.29, 1.82) is 0 Å². The summed E-state index contributed by atoms with van der Waals surface area (Å²) in [4.78, 5) is 1.27. The second-order valence-electron chi connectivity index (χ2n) is 4.95. The summed E-state index contributed by atoms with van der Waals surface area (Å²) >= 11 is 1.74. The average molecular weight is 289 g/mol. The van der Waals surface area contributed by atoms with Gasteiger partial charge in [-0.15, -0.1) is 11.8 Å². The summed E-state index contributed by atoms with van der Waals surface area (Å²) in [5.41, 5.74) is 3.37. The van der Waals surface area contributed by atoms with Crippen LogP contribution in [0.5, 0.6) is 0 Å². The summed E-state index contributed by atoms with van der Waals surface area (Å²) in [6, 6.07) is 13.7. The zero-order chi connectivity index (χ0) is 14.5. The number of hydrogen-bond acceptors (Lipinski definition) is 2. The molecule has 2 rings (SSSR count). The van der Waals surface area contributed by atoms with Crippen LogP contribution in [0.25, 0.3) is 0 Å². The van der Waals surface area contributed by atoms with Gasteiger partial charge in [-0.25, -0.2) is 4.39 Å². The Hall–Kier alpha value is -1.32. The highest BCUT2D eigenvalue weighted by Crippen LogP contribution is 2.19. The van der Waals surface area contributed by atoms with Crippen molar-refractivity contribution in [2.24, 2.45) is 0 Å². The van der Waals surface area contributed by atoms with Crippen molar-refractivity contribution in [3.05, 3.63) is 65.0 Å². The molecule has 2 aromatic rings. The first-order valence-electron chi connectivity index (χ1n) is 6.72. The fourth-order valence-electron chi connectivity index (χ4n) is 2.10. The van der Waals surface area contributed by atoms with Crippen LogP contribution in [0, 0.1) is 12.7 Å². The molecule has 1 N–H and O–H groups in total. The number of rotatable bonds is 5. The zero-order valence-electron chi connectivity index (χ0n) is 12.1. The maximum atomic E-state index is 13.2. The number of halogens is 1. The highest BCUT2D eigenvalue weighted by atomic mass is 32.2. The first kappa shape index (κ1) is 15.1. The third kappa shape index (κ3) is 3.84. The molecule has 2 aromatic carbocycles. The number of thioether (sulfide) groups is 1. The van der Waals surface area contributed by atoms with Crippen LogP contribution < -0.4 is 5.32 Å². The van der Waals surface area contributed by atoms with E-state index in [4.69, 9.17) is 0 Å². The Balaban J connectivity index is 2.00. The second kappa shape index (κ2) is 6.91. The second-order valence-corrected chi connectivity index (χ2v) is 5.83. The smallest absolute Gasteiger partial charge is 0.123 e. The quantitative estimate of drug-likeness (QED) is 0.800. The molecular formula is C17H20FNS. The molecule has 0 saturated carbocycles. The minimum absolute atomic E-state index is 0.177. The van der Waals surface area contributed by atoms with Crippen molar-refractivity contribution in [3.8, 4) is 0 Å². The third-order valence-electron chi connectivity index (χ3n) is 3.53. The Kier molecular flexibility index (Phi) is 5.21. The van der Waals surface area contributed by atoms with Gasteiger partial charge in [0, 0.05) is 17.5 Å². The number of aryl methyl sites for hydroxylation is 1. The Bertz CT molecular complexity index is 566. The van der Waals surface area contributed by atoms with Gasteiger partial charge in [-0.3, -0.25) is 0 Å². The summed E-state index contributed by atoms with van der Waals surface area (Å²) in [6.07, 6.45) is 2.07. The van der Waals surface area contributed by atoms with Gasteiger partial charge in [0.15, 0.2) is 0 Å². The molecule has 1 atom stereocenters. The van der Waals surface area contributed by atoms with Gasteiger partial charge in [-0.1, -0.05) is 18.2 Å². The molecule has 0 amide bonds.